The molecule has 206 valence electrons. The molecule has 0 radical (unpaired) electrons. The molecule has 0 amide bonds. The quantitative estimate of drug-likeness (QED) is 0.179. The zero-order valence-electron chi connectivity index (χ0n) is 22.5. The molecule has 0 aromatic heterocycles. The van der Waals surface area contributed by atoms with Crippen molar-refractivity contribution in [1.29, 1.82) is 0 Å². The Balaban J connectivity index is 1.82. The third kappa shape index (κ3) is 11.2. The molecule has 1 saturated carbocycles. The van der Waals surface area contributed by atoms with Gasteiger partial charge in [0.15, 0.2) is 0 Å². The van der Waals surface area contributed by atoms with E-state index in [4.69, 9.17) is 24.1 Å². The number of aliphatic hydroxyl groups excluding tert-OH is 1. The summed E-state index contributed by atoms with van der Waals surface area (Å²) in [6.45, 7) is 9.24. The minimum absolute atomic E-state index is 0.0121. The van der Waals surface area contributed by atoms with Crippen molar-refractivity contribution < 1.29 is 33.6 Å². The lowest BCUT2D eigenvalue weighted by Gasteiger charge is -2.30. The van der Waals surface area contributed by atoms with E-state index in [0.29, 0.717) is 5.92 Å². The van der Waals surface area contributed by atoms with Gasteiger partial charge in [-0.05, 0) is 55.6 Å². The Bertz CT molecular complexity index is 853. The van der Waals surface area contributed by atoms with Gasteiger partial charge in [-0.25, -0.2) is 9.59 Å². The molecule has 7 heteroatoms. The predicted molar refractivity (Wildman–Crippen MR) is 143 cm³/mol. The lowest BCUT2D eigenvalue weighted by atomic mass is 9.82. The molecule has 1 aliphatic rings. The Labute approximate surface area is 221 Å². The van der Waals surface area contributed by atoms with Crippen LogP contribution < -0.4 is 0 Å². The maximum Gasteiger partial charge on any atom is 0.335 e. The Morgan fingerprint density at radius 3 is 2.14 bits per heavy atom. The smallest absolute Gasteiger partial charge is 0.335 e. The second-order valence-corrected chi connectivity index (χ2v) is 9.87. The summed E-state index contributed by atoms with van der Waals surface area (Å²) < 4.78 is 21.6. The first kappa shape index (κ1) is 30.7. The molecule has 0 bridgehead atoms. The summed E-state index contributed by atoms with van der Waals surface area (Å²) in [5.41, 5.74) is 2.99. The average molecular weight is 517 g/mol. The molecular formula is C30H44O7. The van der Waals surface area contributed by atoms with E-state index in [1.807, 2.05) is 0 Å². The van der Waals surface area contributed by atoms with Gasteiger partial charge in [0.25, 0.3) is 0 Å². The average Bonchev–Trinajstić information content (AvgIpc) is 2.92. The molecule has 1 aromatic rings. The lowest BCUT2D eigenvalue weighted by Crippen LogP contribution is -2.29. The number of hydrogen-bond acceptors (Lipinski definition) is 7. The number of methoxy groups -OCH3 is 1. The largest absolute Gasteiger partial charge is 0.462 e. The van der Waals surface area contributed by atoms with Crippen LogP contribution in [-0.4, -0.2) is 63.3 Å². The van der Waals surface area contributed by atoms with Gasteiger partial charge in [-0.2, -0.15) is 0 Å². The highest BCUT2D eigenvalue weighted by atomic mass is 16.6. The van der Waals surface area contributed by atoms with Crippen LogP contribution in [0.2, 0.25) is 0 Å². The normalized spacial score (nSPS) is 18.1. The number of carbonyl (C=O) groups excluding carboxylic acids is 2. The van der Waals surface area contributed by atoms with Crippen molar-refractivity contribution in [1.82, 2.24) is 0 Å². The summed E-state index contributed by atoms with van der Waals surface area (Å²) >= 11 is 0. The lowest BCUT2D eigenvalue weighted by molar-refractivity contribution is -0.146. The number of carbonyl (C=O) groups is 2. The Morgan fingerprint density at radius 1 is 0.946 bits per heavy atom. The second kappa shape index (κ2) is 17.1. The van der Waals surface area contributed by atoms with Gasteiger partial charge in [0.2, 0.25) is 0 Å². The van der Waals surface area contributed by atoms with Crippen molar-refractivity contribution in [3.8, 4) is 0 Å². The molecule has 37 heavy (non-hydrogen) atoms. The molecular weight excluding hydrogens is 472 g/mol. The Morgan fingerprint density at radius 2 is 1.57 bits per heavy atom. The van der Waals surface area contributed by atoms with Crippen molar-refractivity contribution in [2.45, 2.75) is 70.3 Å². The van der Waals surface area contributed by atoms with Gasteiger partial charge in [-0.3, -0.25) is 0 Å². The van der Waals surface area contributed by atoms with Crippen LogP contribution in [0, 0.1) is 5.92 Å². The Hall–Kier alpha value is -2.48. The molecule has 1 N–H and O–H groups in total. The molecule has 1 atom stereocenters. The van der Waals surface area contributed by atoms with E-state index in [9.17, 15) is 9.59 Å². The first-order valence-electron chi connectivity index (χ1n) is 13.4. The van der Waals surface area contributed by atoms with Gasteiger partial charge in [-0.1, -0.05) is 57.2 Å². The van der Waals surface area contributed by atoms with Crippen molar-refractivity contribution in [2.75, 3.05) is 40.1 Å². The van der Waals surface area contributed by atoms with Gasteiger partial charge in [0.05, 0.1) is 56.2 Å². The third-order valence-corrected chi connectivity index (χ3v) is 6.75. The number of hydrogen-bond donors (Lipinski definition) is 1. The van der Waals surface area contributed by atoms with E-state index in [-0.39, 0.29) is 49.6 Å². The SMILES string of the molecule is C=C(CO)C(=O)OCC(COC(=O)C(=C)COC)COC1CCC(c2ccc(CCCCC)cc2)CC1. The van der Waals surface area contributed by atoms with E-state index >= 15 is 0 Å². The molecule has 1 aromatic carbocycles. The van der Waals surface area contributed by atoms with E-state index in [0.717, 1.165) is 32.1 Å². The van der Waals surface area contributed by atoms with Crippen LogP contribution in [0.15, 0.2) is 48.6 Å². The second-order valence-electron chi connectivity index (χ2n) is 9.87. The van der Waals surface area contributed by atoms with Crippen molar-refractivity contribution >= 4 is 11.9 Å². The van der Waals surface area contributed by atoms with E-state index in [1.54, 1.807) is 0 Å². The van der Waals surface area contributed by atoms with Crippen molar-refractivity contribution in [2.24, 2.45) is 5.92 Å². The number of unbranched alkanes of at least 4 members (excludes halogenated alkanes) is 2. The van der Waals surface area contributed by atoms with Crippen LogP contribution in [-0.2, 0) is 35.0 Å². The maximum atomic E-state index is 12.1. The zero-order valence-corrected chi connectivity index (χ0v) is 22.5. The summed E-state index contributed by atoms with van der Waals surface area (Å²) in [6, 6.07) is 9.11. The summed E-state index contributed by atoms with van der Waals surface area (Å²) in [7, 11) is 1.47. The zero-order chi connectivity index (χ0) is 27.0. The molecule has 1 unspecified atom stereocenters. The van der Waals surface area contributed by atoms with Gasteiger partial charge >= 0.3 is 11.9 Å². The highest BCUT2D eigenvalue weighted by molar-refractivity contribution is 5.88. The number of benzene rings is 1. The standard InChI is InChI=1S/C30H44O7/c1-5-6-7-8-24-9-11-26(12-10-24)27-13-15-28(16-14-27)35-19-25(20-36-29(32)22(2)17-31)21-37-30(33)23(3)18-34-4/h9-12,25,27-28,31H,2-3,5-8,13-21H2,1,4H3. The minimum atomic E-state index is -0.681. The van der Waals surface area contributed by atoms with Crippen LogP contribution in [0.3, 0.4) is 0 Å². The van der Waals surface area contributed by atoms with Crippen molar-refractivity contribution in [3.05, 3.63) is 59.7 Å². The molecule has 1 aliphatic carbocycles. The number of rotatable bonds is 17. The topological polar surface area (TPSA) is 91.3 Å². The van der Waals surface area contributed by atoms with Crippen LogP contribution in [0.4, 0.5) is 0 Å². The molecule has 0 heterocycles. The molecule has 0 saturated heterocycles. The molecule has 1 fully saturated rings. The number of aryl methyl sites for hydroxylation is 1. The predicted octanol–water partition coefficient (Wildman–Crippen LogP) is 4.92. The van der Waals surface area contributed by atoms with Crippen LogP contribution in [0.5, 0.6) is 0 Å². The highest BCUT2D eigenvalue weighted by Gasteiger charge is 2.25. The molecule has 0 spiro atoms. The first-order chi connectivity index (χ1) is 17.9. The van der Waals surface area contributed by atoms with E-state index in [1.165, 1.54) is 37.5 Å². The fraction of sp³-hybridized carbons (Fsp3) is 0.600. The van der Waals surface area contributed by atoms with E-state index in [2.05, 4.69) is 44.3 Å². The maximum absolute atomic E-state index is 12.1. The molecule has 0 aliphatic heterocycles. The van der Waals surface area contributed by atoms with E-state index < -0.39 is 18.5 Å². The van der Waals surface area contributed by atoms with Gasteiger partial charge < -0.3 is 24.1 Å². The number of aliphatic hydroxyl groups is 1. The number of ether oxygens (including phenoxy) is 4. The molecule has 2 rings (SSSR count). The van der Waals surface area contributed by atoms with Crippen LogP contribution in [0.1, 0.15) is 68.9 Å². The summed E-state index contributed by atoms with van der Waals surface area (Å²) in [6.07, 6.45) is 9.02. The van der Waals surface area contributed by atoms with Gasteiger partial charge in [-0.15, -0.1) is 0 Å². The first-order valence-corrected chi connectivity index (χ1v) is 13.4. The fourth-order valence-electron chi connectivity index (χ4n) is 4.40. The fourth-order valence-corrected chi connectivity index (χ4v) is 4.40. The third-order valence-electron chi connectivity index (χ3n) is 6.75. The summed E-state index contributed by atoms with van der Waals surface area (Å²) in [5.74, 6) is -1.06. The Kier molecular flexibility index (Phi) is 14.2. The van der Waals surface area contributed by atoms with Crippen molar-refractivity contribution in [3.63, 3.8) is 0 Å². The van der Waals surface area contributed by atoms with Crippen LogP contribution in [0.25, 0.3) is 0 Å². The van der Waals surface area contributed by atoms with Gasteiger partial charge in [0.1, 0.15) is 0 Å². The summed E-state index contributed by atoms with van der Waals surface area (Å²) in [5, 5.41) is 9.08. The highest BCUT2D eigenvalue weighted by Crippen LogP contribution is 2.34. The van der Waals surface area contributed by atoms with Crippen LogP contribution >= 0.6 is 0 Å². The van der Waals surface area contributed by atoms with Gasteiger partial charge in [0, 0.05) is 7.11 Å². The number of esters is 2. The monoisotopic (exact) mass is 516 g/mol. The minimum Gasteiger partial charge on any atom is -0.462 e. The summed E-state index contributed by atoms with van der Waals surface area (Å²) in [4.78, 5) is 24.0. The molecule has 7 nitrogen and oxygen atoms in total.